The minimum Gasteiger partial charge on any atom is -0.356 e. The molecule has 0 aliphatic carbocycles. The van der Waals surface area contributed by atoms with Gasteiger partial charge in [0.15, 0.2) is 5.78 Å². The molecular weight excluding hydrogens is 556 g/mol. The number of amides is 2. The van der Waals surface area contributed by atoms with Crippen molar-refractivity contribution in [1.29, 1.82) is 0 Å². The van der Waals surface area contributed by atoms with E-state index in [0.29, 0.717) is 30.0 Å². The number of halogens is 2. The molecule has 0 saturated carbocycles. The van der Waals surface area contributed by atoms with E-state index in [2.05, 4.69) is 42.5 Å². The highest BCUT2D eigenvalue weighted by Crippen LogP contribution is 2.22. The Hall–Kier alpha value is -1.09. The predicted octanol–water partition coefficient (Wildman–Crippen LogP) is 3.99. The van der Waals surface area contributed by atoms with Crippen LogP contribution in [0.15, 0.2) is 0 Å². The normalized spacial score (nSPS) is 13.5. The van der Waals surface area contributed by atoms with Gasteiger partial charge in [-0.2, -0.15) is 0 Å². The second-order valence-corrected chi connectivity index (χ2v) is 11.2. The van der Waals surface area contributed by atoms with Gasteiger partial charge in [-0.15, -0.1) is 0 Å². The highest BCUT2D eigenvalue weighted by molar-refractivity contribution is 9.09. The molecule has 0 fully saturated rings. The van der Waals surface area contributed by atoms with Crippen LogP contribution in [0.2, 0.25) is 0 Å². The lowest BCUT2D eigenvalue weighted by Gasteiger charge is -2.28. The molecule has 33 heavy (non-hydrogen) atoms. The third kappa shape index (κ3) is 12.8. The van der Waals surface area contributed by atoms with Gasteiger partial charge in [0.1, 0.15) is 11.6 Å². The van der Waals surface area contributed by atoms with Gasteiger partial charge in [0.2, 0.25) is 11.8 Å². The molecule has 9 heteroatoms. The van der Waals surface area contributed by atoms with Crippen molar-refractivity contribution in [3.8, 4) is 0 Å². The number of Topliss-reactive ketones (excluding diaryl/α,β-unsaturated/α-hetero) is 3. The molecule has 0 unspecified atom stereocenters. The zero-order valence-corrected chi connectivity index (χ0v) is 23.9. The maximum absolute atomic E-state index is 13.1. The van der Waals surface area contributed by atoms with Crippen LogP contribution in [-0.4, -0.2) is 52.4 Å². The lowest BCUT2D eigenvalue weighted by Crippen LogP contribution is -2.48. The molecule has 0 saturated heterocycles. The van der Waals surface area contributed by atoms with E-state index >= 15 is 0 Å². The van der Waals surface area contributed by atoms with Gasteiger partial charge in [-0.25, -0.2) is 0 Å². The van der Waals surface area contributed by atoms with E-state index in [4.69, 9.17) is 0 Å². The zero-order chi connectivity index (χ0) is 25.8. The van der Waals surface area contributed by atoms with Gasteiger partial charge in [-0.3, -0.25) is 24.0 Å². The van der Waals surface area contributed by atoms with Crippen molar-refractivity contribution in [3.63, 3.8) is 0 Å². The number of carbonyl (C=O) groups is 5. The van der Waals surface area contributed by atoms with E-state index in [9.17, 15) is 24.0 Å². The van der Waals surface area contributed by atoms with E-state index in [1.807, 2.05) is 13.8 Å². The maximum atomic E-state index is 13.1. The molecule has 0 bridgehead atoms. The van der Waals surface area contributed by atoms with Crippen LogP contribution in [0.1, 0.15) is 73.6 Å². The van der Waals surface area contributed by atoms with Gasteiger partial charge in [-0.05, 0) is 18.8 Å². The molecule has 0 spiro atoms. The van der Waals surface area contributed by atoms with Crippen LogP contribution < -0.4 is 10.6 Å². The number of carbonyl (C=O) groups excluding carboxylic acids is 5. The van der Waals surface area contributed by atoms with Crippen LogP contribution in [0.25, 0.3) is 0 Å². The molecule has 0 aromatic carbocycles. The summed E-state index contributed by atoms with van der Waals surface area (Å²) in [5, 5.41) is 6.63. The van der Waals surface area contributed by atoms with Gasteiger partial charge in [0, 0.05) is 60.6 Å². The van der Waals surface area contributed by atoms with Crippen molar-refractivity contribution in [1.82, 2.24) is 10.6 Å². The van der Waals surface area contributed by atoms with Gasteiger partial charge in [0.05, 0.1) is 6.04 Å². The van der Waals surface area contributed by atoms with Crippen LogP contribution in [0.5, 0.6) is 0 Å². The highest BCUT2D eigenvalue weighted by Gasteiger charge is 2.33. The minimum absolute atomic E-state index is 0.0117. The van der Waals surface area contributed by atoms with Crippen LogP contribution in [0.4, 0.5) is 0 Å². The van der Waals surface area contributed by atoms with E-state index in [1.165, 1.54) is 6.92 Å². The summed E-state index contributed by atoms with van der Waals surface area (Å²) in [6, 6.07) is -0.692. The van der Waals surface area contributed by atoms with Crippen LogP contribution in [0.3, 0.4) is 0 Å². The van der Waals surface area contributed by atoms with Crippen molar-refractivity contribution in [2.24, 2.45) is 23.2 Å². The van der Waals surface area contributed by atoms with E-state index in [-0.39, 0.29) is 60.3 Å². The first-order valence-electron chi connectivity index (χ1n) is 11.5. The van der Waals surface area contributed by atoms with E-state index in [0.717, 1.165) is 0 Å². The summed E-state index contributed by atoms with van der Waals surface area (Å²) in [7, 11) is 0. The summed E-state index contributed by atoms with van der Waals surface area (Å²) in [6.45, 7) is 11.0. The van der Waals surface area contributed by atoms with Crippen molar-refractivity contribution >= 4 is 61.0 Å². The topological polar surface area (TPSA) is 109 Å². The fourth-order valence-electron chi connectivity index (χ4n) is 3.30. The minimum atomic E-state index is -0.692. The SMILES string of the molecule is CC(=O)NCCC[C@H](NC(=O)[C@@H](CC(=O)CCC(=O)C(CBr)CBr)C(C)C)C(=O)C(C)(C)C. The second kappa shape index (κ2) is 15.7. The zero-order valence-electron chi connectivity index (χ0n) is 20.8. The molecule has 2 N–H and O–H groups in total. The van der Waals surface area contributed by atoms with E-state index < -0.39 is 17.4 Å². The molecule has 190 valence electrons. The summed E-state index contributed by atoms with van der Waals surface area (Å²) in [5.41, 5.74) is -0.642. The molecule has 0 radical (unpaired) electrons. The third-order valence-corrected chi connectivity index (χ3v) is 7.05. The molecular formula is C24H40Br2N2O5. The average molecular weight is 596 g/mol. The number of rotatable bonds is 16. The molecule has 0 heterocycles. The first-order valence-corrected chi connectivity index (χ1v) is 13.7. The van der Waals surface area contributed by atoms with Gasteiger partial charge in [0.25, 0.3) is 0 Å². The van der Waals surface area contributed by atoms with Gasteiger partial charge >= 0.3 is 0 Å². The highest BCUT2D eigenvalue weighted by atomic mass is 79.9. The van der Waals surface area contributed by atoms with Crippen LogP contribution in [0, 0.1) is 23.2 Å². The van der Waals surface area contributed by atoms with Crippen molar-refractivity contribution in [3.05, 3.63) is 0 Å². The third-order valence-electron chi connectivity index (χ3n) is 5.48. The maximum Gasteiger partial charge on any atom is 0.224 e. The standard InChI is InChI=1S/C24H40Br2N2O5/c1-15(2)19(12-18(30)9-10-21(31)17(13-25)14-26)23(33)28-20(22(32)24(4,5)6)8-7-11-27-16(3)29/h15,17,19-20H,7-14H2,1-6H3,(H,27,29)(H,28,33)/t19-,20-/m0/s1. The largest absolute Gasteiger partial charge is 0.356 e. The summed E-state index contributed by atoms with van der Waals surface area (Å²) in [6.07, 6.45) is 1.23. The Balaban J connectivity index is 5.16. The first-order chi connectivity index (χ1) is 15.2. The second-order valence-electron chi connectivity index (χ2n) is 9.87. The number of hydrogen-bond acceptors (Lipinski definition) is 5. The number of hydrogen-bond donors (Lipinski definition) is 2. The molecule has 0 aliphatic heterocycles. The van der Waals surface area contributed by atoms with Crippen molar-refractivity contribution in [2.45, 2.75) is 79.7 Å². The average Bonchev–Trinajstić information content (AvgIpc) is 2.71. The summed E-state index contributed by atoms with van der Waals surface area (Å²) in [4.78, 5) is 61.8. The summed E-state index contributed by atoms with van der Waals surface area (Å²) in [5.74, 6) is -1.55. The number of ketones is 3. The summed E-state index contributed by atoms with van der Waals surface area (Å²) >= 11 is 6.61. The smallest absolute Gasteiger partial charge is 0.224 e. The van der Waals surface area contributed by atoms with Crippen molar-refractivity contribution < 1.29 is 24.0 Å². The quantitative estimate of drug-likeness (QED) is 0.207. The Bertz CT molecular complexity index is 685. The number of nitrogens with one attached hydrogen (secondary N) is 2. The fraction of sp³-hybridized carbons (Fsp3) is 0.792. The Morgan fingerprint density at radius 2 is 1.52 bits per heavy atom. The molecule has 0 aromatic heterocycles. The molecule has 0 aliphatic rings. The monoisotopic (exact) mass is 594 g/mol. The molecule has 7 nitrogen and oxygen atoms in total. The molecule has 2 amide bonds. The fourth-order valence-corrected chi connectivity index (χ4v) is 5.09. The van der Waals surface area contributed by atoms with Crippen molar-refractivity contribution in [2.75, 3.05) is 17.2 Å². The Labute approximate surface area is 215 Å². The van der Waals surface area contributed by atoms with Gasteiger partial charge in [-0.1, -0.05) is 66.5 Å². The van der Waals surface area contributed by atoms with Crippen LogP contribution in [-0.2, 0) is 24.0 Å². The van der Waals surface area contributed by atoms with Gasteiger partial charge < -0.3 is 10.6 Å². The van der Waals surface area contributed by atoms with E-state index in [1.54, 1.807) is 20.8 Å². The Kier molecular flexibility index (Phi) is 15.2. The molecule has 0 rings (SSSR count). The predicted molar refractivity (Wildman–Crippen MR) is 138 cm³/mol. The Morgan fingerprint density at radius 1 is 0.939 bits per heavy atom. The first kappa shape index (κ1) is 31.9. The number of alkyl halides is 2. The Morgan fingerprint density at radius 3 is 1.97 bits per heavy atom. The lowest BCUT2D eigenvalue weighted by atomic mass is 9.83. The molecule has 0 aromatic rings. The lowest BCUT2D eigenvalue weighted by molar-refractivity contribution is -0.136. The summed E-state index contributed by atoms with van der Waals surface area (Å²) < 4.78 is 0. The molecule has 2 atom stereocenters. The van der Waals surface area contributed by atoms with Crippen LogP contribution >= 0.6 is 31.9 Å².